The van der Waals surface area contributed by atoms with Crippen molar-refractivity contribution in [2.75, 3.05) is 32.8 Å². The van der Waals surface area contributed by atoms with Gasteiger partial charge in [-0.2, -0.15) is 0 Å². The van der Waals surface area contributed by atoms with Crippen LogP contribution in [-0.4, -0.2) is 37.7 Å². The van der Waals surface area contributed by atoms with Crippen molar-refractivity contribution in [2.24, 2.45) is 0 Å². The monoisotopic (exact) mass is 345 g/mol. The summed E-state index contributed by atoms with van der Waals surface area (Å²) in [4.78, 5) is 2.38. The largest absolute Gasteiger partial charge is 0.380 e. The average Bonchev–Trinajstić information content (AvgIpc) is 2.61. The molecule has 0 fully saturated rings. The minimum atomic E-state index is 0.787. The van der Waals surface area contributed by atoms with Crippen LogP contribution < -0.4 is 0 Å². The highest BCUT2D eigenvalue weighted by Gasteiger charge is 2.00. The lowest BCUT2D eigenvalue weighted by Crippen LogP contribution is -2.27. The second kappa shape index (κ2) is 10.5. The lowest BCUT2D eigenvalue weighted by molar-refractivity contribution is 0.109. The van der Waals surface area contributed by atoms with Gasteiger partial charge in [0.1, 0.15) is 0 Å². The first-order valence-electron chi connectivity index (χ1n) is 8.83. The van der Waals surface area contributed by atoms with Crippen LogP contribution in [0.2, 0.25) is 5.02 Å². The summed E-state index contributed by atoms with van der Waals surface area (Å²) in [6.45, 7) is 9.19. The maximum absolute atomic E-state index is 5.93. The molecule has 2 aromatic rings. The summed E-state index contributed by atoms with van der Waals surface area (Å²) in [5.74, 6) is 0. The summed E-state index contributed by atoms with van der Waals surface area (Å²) in [6, 6.07) is 16.9. The molecule has 0 heterocycles. The SMILES string of the molecule is CCN(CC)CCOCCc1ccc(Cc2ccc(Cl)cc2)cc1. The average molecular weight is 346 g/mol. The molecule has 0 aliphatic heterocycles. The van der Waals surface area contributed by atoms with Crippen LogP contribution in [0.25, 0.3) is 0 Å². The molecule has 3 heteroatoms. The van der Waals surface area contributed by atoms with Gasteiger partial charge < -0.3 is 9.64 Å². The Morgan fingerprint density at radius 1 is 0.792 bits per heavy atom. The summed E-state index contributed by atoms with van der Waals surface area (Å²) in [7, 11) is 0. The van der Waals surface area contributed by atoms with Crippen LogP contribution >= 0.6 is 11.6 Å². The van der Waals surface area contributed by atoms with E-state index in [0.717, 1.165) is 50.7 Å². The molecule has 0 aliphatic carbocycles. The standard InChI is InChI=1S/C21H28ClNO/c1-3-23(4-2)14-16-24-15-13-18-5-7-19(8-6-18)17-20-9-11-21(22)12-10-20/h5-12H,3-4,13-17H2,1-2H3. The Labute approximate surface area is 151 Å². The van der Waals surface area contributed by atoms with Gasteiger partial charge in [-0.05, 0) is 54.8 Å². The third-order valence-corrected chi connectivity index (χ3v) is 4.58. The minimum Gasteiger partial charge on any atom is -0.380 e. The smallest absolute Gasteiger partial charge is 0.0593 e. The zero-order valence-electron chi connectivity index (χ0n) is 14.8. The molecule has 2 nitrogen and oxygen atoms in total. The summed E-state index contributed by atoms with van der Waals surface area (Å²) >= 11 is 5.93. The first-order chi connectivity index (χ1) is 11.7. The number of rotatable bonds is 10. The predicted molar refractivity (Wildman–Crippen MR) is 103 cm³/mol. The Kier molecular flexibility index (Phi) is 8.31. The second-order valence-corrected chi connectivity index (χ2v) is 6.45. The van der Waals surface area contributed by atoms with Crippen molar-refractivity contribution in [3.63, 3.8) is 0 Å². The highest BCUT2D eigenvalue weighted by Crippen LogP contribution is 2.14. The van der Waals surface area contributed by atoms with E-state index >= 15 is 0 Å². The zero-order valence-corrected chi connectivity index (χ0v) is 15.6. The van der Waals surface area contributed by atoms with Gasteiger partial charge in [0.05, 0.1) is 13.2 Å². The fourth-order valence-electron chi connectivity index (χ4n) is 2.69. The van der Waals surface area contributed by atoms with E-state index in [2.05, 4.69) is 55.1 Å². The molecule has 0 aromatic heterocycles. The lowest BCUT2D eigenvalue weighted by atomic mass is 10.0. The maximum atomic E-state index is 5.93. The molecule has 0 saturated heterocycles. The molecule has 0 unspecified atom stereocenters. The van der Waals surface area contributed by atoms with E-state index in [1.54, 1.807) is 0 Å². The molecule has 0 amide bonds. The zero-order chi connectivity index (χ0) is 17.2. The fourth-order valence-corrected chi connectivity index (χ4v) is 2.81. The molecule has 2 aromatic carbocycles. The van der Waals surface area contributed by atoms with Crippen LogP contribution in [0.4, 0.5) is 0 Å². The number of nitrogens with zero attached hydrogens (tertiary/aromatic N) is 1. The van der Waals surface area contributed by atoms with Gasteiger partial charge in [-0.15, -0.1) is 0 Å². The molecule has 0 saturated carbocycles. The number of likely N-dealkylation sites (N-methyl/N-ethyl adjacent to an activating group) is 1. The topological polar surface area (TPSA) is 12.5 Å². The summed E-state index contributed by atoms with van der Waals surface area (Å²) in [6.07, 6.45) is 1.91. The van der Waals surface area contributed by atoms with Crippen LogP contribution in [0.1, 0.15) is 30.5 Å². The van der Waals surface area contributed by atoms with Crippen molar-refractivity contribution in [1.29, 1.82) is 0 Å². The third kappa shape index (κ3) is 6.64. The van der Waals surface area contributed by atoms with Gasteiger partial charge in [-0.25, -0.2) is 0 Å². The molecule has 0 spiro atoms. The van der Waals surface area contributed by atoms with Gasteiger partial charge in [0.15, 0.2) is 0 Å². The molecule has 24 heavy (non-hydrogen) atoms. The van der Waals surface area contributed by atoms with E-state index in [1.165, 1.54) is 16.7 Å². The molecule has 130 valence electrons. The number of ether oxygens (including phenoxy) is 1. The molecule has 0 N–H and O–H groups in total. The summed E-state index contributed by atoms with van der Waals surface area (Å²) in [5, 5.41) is 0.787. The van der Waals surface area contributed by atoms with Crippen molar-refractivity contribution in [3.05, 3.63) is 70.2 Å². The summed E-state index contributed by atoms with van der Waals surface area (Å²) in [5.41, 5.74) is 3.94. The molecule has 0 bridgehead atoms. The van der Waals surface area contributed by atoms with Gasteiger partial charge in [0, 0.05) is 11.6 Å². The minimum absolute atomic E-state index is 0.787. The quantitative estimate of drug-likeness (QED) is 0.572. The second-order valence-electron chi connectivity index (χ2n) is 6.01. The van der Waals surface area contributed by atoms with Crippen LogP contribution in [0.15, 0.2) is 48.5 Å². The van der Waals surface area contributed by atoms with Gasteiger partial charge in [0.2, 0.25) is 0 Å². The van der Waals surface area contributed by atoms with Gasteiger partial charge in [-0.3, -0.25) is 0 Å². The van der Waals surface area contributed by atoms with Crippen LogP contribution in [0.5, 0.6) is 0 Å². The van der Waals surface area contributed by atoms with Crippen molar-refractivity contribution < 1.29 is 4.74 Å². The van der Waals surface area contributed by atoms with E-state index in [9.17, 15) is 0 Å². The van der Waals surface area contributed by atoms with Crippen molar-refractivity contribution in [1.82, 2.24) is 4.90 Å². The Hall–Kier alpha value is -1.35. The van der Waals surface area contributed by atoms with Crippen molar-refractivity contribution in [2.45, 2.75) is 26.7 Å². The van der Waals surface area contributed by atoms with Gasteiger partial charge in [0.25, 0.3) is 0 Å². The number of hydrogen-bond donors (Lipinski definition) is 0. The molecule has 0 radical (unpaired) electrons. The maximum Gasteiger partial charge on any atom is 0.0593 e. The van der Waals surface area contributed by atoms with Gasteiger partial charge in [-0.1, -0.05) is 61.8 Å². The molecule has 0 aliphatic rings. The Morgan fingerprint density at radius 3 is 1.92 bits per heavy atom. The fraction of sp³-hybridized carbons (Fsp3) is 0.429. The number of hydrogen-bond acceptors (Lipinski definition) is 2. The van der Waals surface area contributed by atoms with Crippen LogP contribution in [0.3, 0.4) is 0 Å². The van der Waals surface area contributed by atoms with E-state index in [4.69, 9.17) is 16.3 Å². The van der Waals surface area contributed by atoms with Crippen molar-refractivity contribution in [3.8, 4) is 0 Å². The summed E-state index contributed by atoms with van der Waals surface area (Å²) < 4.78 is 5.75. The van der Waals surface area contributed by atoms with Gasteiger partial charge >= 0.3 is 0 Å². The van der Waals surface area contributed by atoms with Crippen LogP contribution in [-0.2, 0) is 17.6 Å². The Balaban J connectivity index is 1.71. The van der Waals surface area contributed by atoms with E-state index in [1.807, 2.05) is 12.1 Å². The molecule has 0 atom stereocenters. The Bertz CT molecular complexity index is 576. The molecule has 2 rings (SSSR count). The first kappa shape index (κ1) is 19.0. The van der Waals surface area contributed by atoms with E-state index in [0.29, 0.717) is 0 Å². The highest BCUT2D eigenvalue weighted by molar-refractivity contribution is 6.30. The van der Waals surface area contributed by atoms with Crippen LogP contribution in [0, 0.1) is 0 Å². The lowest BCUT2D eigenvalue weighted by Gasteiger charge is -2.17. The Morgan fingerprint density at radius 2 is 1.33 bits per heavy atom. The predicted octanol–water partition coefficient (Wildman–Crippen LogP) is 4.83. The number of benzene rings is 2. The normalized spacial score (nSPS) is 11.2. The van der Waals surface area contributed by atoms with Crippen molar-refractivity contribution >= 4 is 11.6 Å². The van der Waals surface area contributed by atoms with E-state index in [-0.39, 0.29) is 0 Å². The van der Waals surface area contributed by atoms with E-state index < -0.39 is 0 Å². The molecular weight excluding hydrogens is 318 g/mol. The third-order valence-electron chi connectivity index (χ3n) is 4.33. The number of halogens is 1. The molecular formula is C21H28ClNO. The highest BCUT2D eigenvalue weighted by atomic mass is 35.5. The first-order valence-corrected chi connectivity index (χ1v) is 9.21.